The van der Waals surface area contributed by atoms with Gasteiger partial charge in [-0.1, -0.05) is 0 Å². The first-order chi connectivity index (χ1) is 14.3. The topological polar surface area (TPSA) is 79.9 Å². The van der Waals surface area contributed by atoms with E-state index < -0.39 is 23.7 Å². The molecule has 1 aliphatic rings. The van der Waals surface area contributed by atoms with E-state index in [4.69, 9.17) is 4.74 Å². The summed E-state index contributed by atoms with van der Waals surface area (Å²) in [5.74, 6) is -0.742. The summed E-state index contributed by atoms with van der Waals surface area (Å²) < 4.78 is 49.3. The van der Waals surface area contributed by atoms with Crippen molar-refractivity contribution < 1.29 is 32.2 Å². The summed E-state index contributed by atoms with van der Waals surface area (Å²) in [6, 6.07) is 9.57. The Kier molecular flexibility index (Phi) is 6.46. The van der Waals surface area contributed by atoms with Crippen molar-refractivity contribution in [3.63, 3.8) is 0 Å². The Labute approximate surface area is 170 Å². The van der Waals surface area contributed by atoms with E-state index in [-0.39, 0.29) is 11.3 Å². The van der Waals surface area contributed by atoms with Gasteiger partial charge in [0, 0.05) is 35.7 Å². The van der Waals surface area contributed by atoms with Gasteiger partial charge < -0.3 is 19.7 Å². The molecule has 0 aromatic heterocycles. The zero-order chi connectivity index (χ0) is 21.7. The fraction of sp³-hybridized carbons (Fsp3) is 0.300. The predicted molar refractivity (Wildman–Crippen MR) is 105 cm³/mol. The van der Waals surface area contributed by atoms with Crippen molar-refractivity contribution in [2.75, 3.05) is 48.9 Å². The van der Waals surface area contributed by atoms with Crippen LogP contribution in [0.4, 0.5) is 35.0 Å². The molecule has 0 aliphatic carbocycles. The fourth-order valence-electron chi connectivity index (χ4n) is 2.94. The number of halogens is 3. The van der Waals surface area contributed by atoms with Gasteiger partial charge in [-0.3, -0.25) is 10.1 Å². The number of anilines is 3. The van der Waals surface area contributed by atoms with Crippen LogP contribution in [0.5, 0.6) is 0 Å². The molecule has 0 saturated carbocycles. The second-order valence-electron chi connectivity index (χ2n) is 6.51. The molecule has 2 amide bonds. The highest BCUT2D eigenvalue weighted by atomic mass is 19.4. The maximum Gasteiger partial charge on any atom is 0.416 e. The van der Waals surface area contributed by atoms with E-state index in [0.29, 0.717) is 18.9 Å². The molecular formula is C20H20F3N3O4. The molecule has 2 aromatic rings. The average molecular weight is 423 g/mol. The lowest BCUT2D eigenvalue weighted by Gasteiger charge is -2.28. The molecule has 0 atom stereocenters. The molecule has 1 heterocycles. The third-order valence-electron chi connectivity index (χ3n) is 4.46. The highest BCUT2D eigenvalue weighted by molar-refractivity contribution is 6.05. The Morgan fingerprint density at radius 2 is 1.67 bits per heavy atom. The Morgan fingerprint density at radius 1 is 1.00 bits per heavy atom. The van der Waals surface area contributed by atoms with E-state index in [0.717, 1.165) is 44.1 Å². The molecule has 0 bridgehead atoms. The van der Waals surface area contributed by atoms with Crippen molar-refractivity contribution in [1.29, 1.82) is 0 Å². The quantitative estimate of drug-likeness (QED) is 0.778. The molecule has 0 unspecified atom stereocenters. The molecule has 0 spiro atoms. The van der Waals surface area contributed by atoms with Crippen LogP contribution in [0.25, 0.3) is 0 Å². The smallest absolute Gasteiger partial charge is 0.416 e. The number of methoxy groups -OCH3 is 1. The molecule has 2 N–H and O–H groups in total. The molecule has 160 valence electrons. The number of hydrogen-bond donors (Lipinski definition) is 2. The zero-order valence-corrected chi connectivity index (χ0v) is 16.1. The van der Waals surface area contributed by atoms with Gasteiger partial charge in [-0.05, 0) is 42.5 Å². The Hall–Kier alpha value is -3.27. The molecule has 0 radical (unpaired) electrons. The largest absolute Gasteiger partial charge is 0.453 e. The summed E-state index contributed by atoms with van der Waals surface area (Å²) in [6.45, 7) is 2.78. The molecule has 1 aliphatic heterocycles. The van der Waals surface area contributed by atoms with E-state index in [2.05, 4.69) is 20.3 Å². The van der Waals surface area contributed by atoms with Gasteiger partial charge in [0.2, 0.25) is 0 Å². The number of nitrogens with zero attached hydrogens (tertiary/aromatic N) is 1. The Bertz CT molecular complexity index is 911. The molecular weight excluding hydrogens is 403 g/mol. The second kappa shape index (κ2) is 9.04. The SMILES string of the molecule is COC(=O)Nc1cc(C(=O)Nc2ccc(N3CCOCC3)cc2)cc(C(F)(F)F)c1. The Balaban J connectivity index is 1.78. The van der Waals surface area contributed by atoms with Crippen LogP contribution < -0.4 is 15.5 Å². The van der Waals surface area contributed by atoms with Crippen LogP contribution in [0.2, 0.25) is 0 Å². The molecule has 2 aromatic carbocycles. The van der Waals surface area contributed by atoms with E-state index >= 15 is 0 Å². The number of carbonyl (C=O) groups is 2. The minimum atomic E-state index is -4.69. The van der Waals surface area contributed by atoms with Crippen LogP contribution >= 0.6 is 0 Å². The third-order valence-corrected chi connectivity index (χ3v) is 4.46. The Morgan fingerprint density at radius 3 is 2.27 bits per heavy atom. The van der Waals surface area contributed by atoms with Gasteiger partial charge >= 0.3 is 12.3 Å². The lowest BCUT2D eigenvalue weighted by molar-refractivity contribution is -0.137. The van der Waals surface area contributed by atoms with Crippen LogP contribution in [-0.4, -0.2) is 45.4 Å². The van der Waals surface area contributed by atoms with Crippen molar-refractivity contribution in [3.05, 3.63) is 53.6 Å². The van der Waals surface area contributed by atoms with Crippen molar-refractivity contribution in [2.45, 2.75) is 6.18 Å². The number of benzene rings is 2. The van der Waals surface area contributed by atoms with Gasteiger partial charge in [0.15, 0.2) is 0 Å². The van der Waals surface area contributed by atoms with Gasteiger partial charge in [-0.15, -0.1) is 0 Å². The number of nitrogens with one attached hydrogen (secondary N) is 2. The fourth-order valence-corrected chi connectivity index (χ4v) is 2.94. The molecule has 7 nitrogen and oxygen atoms in total. The summed E-state index contributed by atoms with van der Waals surface area (Å²) in [4.78, 5) is 26.0. The highest BCUT2D eigenvalue weighted by Crippen LogP contribution is 2.32. The van der Waals surface area contributed by atoms with Crippen LogP contribution in [0, 0.1) is 0 Å². The third kappa shape index (κ3) is 5.41. The van der Waals surface area contributed by atoms with E-state index in [1.54, 1.807) is 12.1 Å². The lowest BCUT2D eigenvalue weighted by Crippen LogP contribution is -2.36. The monoisotopic (exact) mass is 423 g/mol. The summed E-state index contributed by atoms with van der Waals surface area (Å²) >= 11 is 0. The number of carbonyl (C=O) groups excluding carboxylic acids is 2. The summed E-state index contributed by atoms with van der Waals surface area (Å²) in [5.41, 5.74) is -0.140. The van der Waals surface area contributed by atoms with Gasteiger partial charge in [0.25, 0.3) is 5.91 Å². The van der Waals surface area contributed by atoms with Crippen molar-refractivity contribution in [3.8, 4) is 0 Å². The number of hydrogen-bond acceptors (Lipinski definition) is 5. The number of rotatable bonds is 4. The van der Waals surface area contributed by atoms with Crippen LogP contribution in [0.3, 0.4) is 0 Å². The minimum Gasteiger partial charge on any atom is -0.453 e. The first-order valence-electron chi connectivity index (χ1n) is 9.07. The van der Waals surface area contributed by atoms with Crippen LogP contribution in [0.15, 0.2) is 42.5 Å². The van der Waals surface area contributed by atoms with Crippen molar-refractivity contribution in [1.82, 2.24) is 0 Å². The number of alkyl halides is 3. The minimum absolute atomic E-state index is 0.204. The second-order valence-corrected chi connectivity index (χ2v) is 6.51. The van der Waals surface area contributed by atoms with E-state index in [1.165, 1.54) is 0 Å². The number of ether oxygens (including phenoxy) is 2. The highest BCUT2D eigenvalue weighted by Gasteiger charge is 2.32. The van der Waals surface area contributed by atoms with Gasteiger partial charge in [-0.2, -0.15) is 13.2 Å². The summed E-state index contributed by atoms with van der Waals surface area (Å²) in [6.07, 6.45) is -5.64. The van der Waals surface area contributed by atoms with Gasteiger partial charge in [0.05, 0.1) is 25.9 Å². The van der Waals surface area contributed by atoms with Crippen molar-refractivity contribution >= 4 is 29.1 Å². The standard InChI is InChI=1S/C20H20F3N3O4/c1-29-19(28)25-16-11-13(10-14(12-16)20(21,22)23)18(27)24-15-2-4-17(5-3-15)26-6-8-30-9-7-26/h2-5,10-12H,6-9H2,1H3,(H,24,27)(H,25,28). The molecule has 30 heavy (non-hydrogen) atoms. The first kappa shape index (κ1) is 21.4. The lowest BCUT2D eigenvalue weighted by atomic mass is 10.1. The predicted octanol–water partition coefficient (Wildman–Crippen LogP) is 3.97. The van der Waals surface area contributed by atoms with Gasteiger partial charge in [-0.25, -0.2) is 4.79 Å². The van der Waals surface area contributed by atoms with E-state index in [9.17, 15) is 22.8 Å². The molecule has 3 rings (SSSR count). The van der Waals surface area contributed by atoms with Crippen molar-refractivity contribution in [2.24, 2.45) is 0 Å². The van der Waals surface area contributed by atoms with Crippen LogP contribution in [-0.2, 0) is 15.7 Å². The molecule has 1 saturated heterocycles. The van der Waals surface area contributed by atoms with E-state index in [1.807, 2.05) is 12.1 Å². The molecule has 1 fully saturated rings. The maximum absolute atomic E-state index is 13.2. The van der Waals surface area contributed by atoms with Gasteiger partial charge in [0.1, 0.15) is 0 Å². The van der Waals surface area contributed by atoms with Crippen LogP contribution in [0.1, 0.15) is 15.9 Å². The first-order valence-corrected chi connectivity index (χ1v) is 9.07. The average Bonchev–Trinajstić information content (AvgIpc) is 2.74. The normalized spacial score (nSPS) is 14.2. The maximum atomic E-state index is 13.2. The number of morpholine rings is 1. The summed E-state index contributed by atoms with van der Waals surface area (Å²) in [5, 5.41) is 4.72. The summed E-state index contributed by atoms with van der Waals surface area (Å²) in [7, 11) is 1.08. The number of amides is 2. The zero-order valence-electron chi connectivity index (χ0n) is 16.1. The molecule has 10 heteroatoms.